The van der Waals surface area contributed by atoms with Crippen molar-refractivity contribution in [1.82, 2.24) is 15.1 Å². The zero-order chi connectivity index (χ0) is 9.26. The minimum Gasteiger partial charge on any atom is -0.314 e. The molecule has 0 saturated carbocycles. The third-order valence-electron chi connectivity index (χ3n) is 3.43. The summed E-state index contributed by atoms with van der Waals surface area (Å²) >= 11 is 0. The van der Waals surface area contributed by atoms with Gasteiger partial charge in [-0.25, -0.2) is 0 Å². The topological polar surface area (TPSA) is 18.5 Å². The summed E-state index contributed by atoms with van der Waals surface area (Å²) in [7, 11) is 2.23. The van der Waals surface area contributed by atoms with Gasteiger partial charge in [0.2, 0.25) is 0 Å². The van der Waals surface area contributed by atoms with Crippen molar-refractivity contribution in [2.45, 2.75) is 25.4 Å². The molecule has 2 rings (SSSR count). The molecule has 0 radical (unpaired) electrons. The van der Waals surface area contributed by atoms with E-state index in [2.05, 4.69) is 29.1 Å². The zero-order valence-electron chi connectivity index (χ0n) is 8.79. The van der Waals surface area contributed by atoms with Crippen LogP contribution in [0.25, 0.3) is 0 Å². The van der Waals surface area contributed by atoms with Crippen LogP contribution in [0.15, 0.2) is 0 Å². The van der Waals surface area contributed by atoms with Gasteiger partial charge < -0.3 is 10.2 Å². The lowest BCUT2D eigenvalue weighted by Gasteiger charge is -2.47. The molecule has 0 aromatic rings. The Hall–Kier alpha value is -0.120. The Kier molecular flexibility index (Phi) is 2.86. The fourth-order valence-electron chi connectivity index (χ4n) is 2.60. The number of nitrogens with one attached hydrogen (secondary N) is 1. The third-order valence-corrected chi connectivity index (χ3v) is 3.43. The Morgan fingerprint density at radius 2 is 2.15 bits per heavy atom. The van der Waals surface area contributed by atoms with Crippen LogP contribution in [0.1, 0.15) is 13.3 Å². The summed E-state index contributed by atoms with van der Waals surface area (Å²) < 4.78 is 0. The van der Waals surface area contributed by atoms with Crippen LogP contribution >= 0.6 is 0 Å². The maximum Gasteiger partial charge on any atom is 0.0351 e. The van der Waals surface area contributed by atoms with Crippen molar-refractivity contribution in [2.75, 3.05) is 39.8 Å². The Balaban J connectivity index is 1.99. The molecule has 13 heavy (non-hydrogen) atoms. The predicted molar refractivity (Wildman–Crippen MR) is 54.9 cm³/mol. The van der Waals surface area contributed by atoms with E-state index in [9.17, 15) is 0 Å². The van der Waals surface area contributed by atoms with E-state index in [4.69, 9.17) is 0 Å². The number of piperazine rings is 2. The molecule has 0 amide bonds. The van der Waals surface area contributed by atoms with Crippen LogP contribution in [0.5, 0.6) is 0 Å². The molecular formula is C10H21N3. The van der Waals surface area contributed by atoms with Crippen LogP contribution in [-0.2, 0) is 0 Å². The highest BCUT2D eigenvalue weighted by Crippen LogP contribution is 2.16. The van der Waals surface area contributed by atoms with E-state index in [0.717, 1.165) is 12.1 Å². The molecule has 0 spiro atoms. The van der Waals surface area contributed by atoms with Crippen molar-refractivity contribution >= 4 is 0 Å². The van der Waals surface area contributed by atoms with Gasteiger partial charge in [-0.15, -0.1) is 0 Å². The van der Waals surface area contributed by atoms with E-state index in [1.165, 1.54) is 39.1 Å². The van der Waals surface area contributed by atoms with Gasteiger partial charge in [-0.1, -0.05) is 6.92 Å². The van der Waals surface area contributed by atoms with Gasteiger partial charge in [0.25, 0.3) is 0 Å². The first-order valence-electron chi connectivity index (χ1n) is 5.46. The SMILES string of the molecule is CCC1CNCC2CN(C)CCN12. The molecule has 2 aliphatic rings. The molecule has 2 unspecified atom stereocenters. The highest BCUT2D eigenvalue weighted by molar-refractivity contribution is 4.91. The van der Waals surface area contributed by atoms with Crippen LogP contribution in [0.3, 0.4) is 0 Å². The molecule has 1 N–H and O–H groups in total. The normalized spacial score (nSPS) is 37.4. The van der Waals surface area contributed by atoms with Crippen molar-refractivity contribution in [1.29, 1.82) is 0 Å². The Morgan fingerprint density at radius 3 is 2.92 bits per heavy atom. The number of nitrogens with zero attached hydrogens (tertiary/aromatic N) is 2. The number of fused-ring (bicyclic) bond motifs is 1. The molecule has 3 nitrogen and oxygen atoms in total. The van der Waals surface area contributed by atoms with Gasteiger partial charge in [0.05, 0.1) is 0 Å². The number of hydrogen-bond donors (Lipinski definition) is 1. The smallest absolute Gasteiger partial charge is 0.0351 e. The van der Waals surface area contributed by atoms with Crippen molar-refractivity contribution in [2.24, 2.45) is 0 Å². The van der Waals surface area contributed by atoms with Crippen molar-refractivity contribution in [3.63, 3.8) is 0 Å². The summed E-state index contributed by atoms with van der Waals surface area (Å²) in [5, 5.41) is 3.54. The molecule has 0 aliphatic carbocycles. The molecule has 3 heteroatoms. The molecule has 0 bridgehead atoms. The first kappa shape index (κ1) is 9.44. The van der Waals surface area contributed by atoms with E-state index >= 15 is 0 Å². The average molecular weight is 183 g/mol. The second-order valence-electron chi connectivity index (χ2n) is 4.37. The fourth-order valence-corrected chi connectivity index (χ4v) is 2.60. The lowest BCUT2D eigenvalue weighted by Crippen LogP contribution is -2.64. The van der Waals surface area contributed by atoms with Gasteiger partial charge in [-0.2, -0.15) is 0 Å². The first-order valence-corrected chi connectivity index (χ1v) is 5.46. The molecule has 2 aliphatic heterocycles. The van der Waals surface area contributed by atoms with Gasteiger partial charge in [-0.05, 0) is 13.5 Å². The first-order chi connectivity index (χ1) is 6.31. The van der Waals surface area contributed by atoms with Crippen LogP contribution in [0.2, 0.25) is 0 Å². The largest absolute Gasteiger partial charge is 0.314 e. The Morgan fingerprint density at radius 1 is 1.31 bits per heavy atom. The third kappa shape index (κ3) is 1.87. The summed E-state index contributed by atoms with van der Waals surface area (Å²) in [5.41, 5.74) is 0. The number of hydrogen-bond acceptors (Lipinski definition) is 3. The summed E-state index contributed by atoms with van der Waals surface area (Å²) in [6.45, 7) is 8.42. The van der Waals surface area contributed by atoms with E-state index in [-0.39, 0.29) is 0 Å². The highest BCUT2D eigenvalue weighted by atomic mass is 15.3. The standard InChI is InChI=1S/C10H21N3/c1-3-9-6-11-7-10-8-12(2)4-5-13(9)10/h9-11H,3-8H2,1-2H3. The highest BCUT2D eigenvalue weighted by Gasteiger charge is 2.32. The summed E-state index contributed by atoms with van der Waals surface area (Å²) in [5.74, 6) is 0. The average Bonchev–Trinajstić information content (AvgIpc) is 2.16. The lowest BCUT2D eigenvalue weighted by molar-refractivity contribution is 0.0284. The lowest BCUT2D eigenvalue weighted by atomic mass is 10.0. The quantitative estimate of drug-likeness (QED) is 0.616. The van der Waals surface area contributed by atoms with Crippen molar-refractivity contribution in [3.05, 3.63) is 0 Å². The van der Waals surface area contributed by atoms with Gasteiger partial charge in [-0.3, -0.25) is 4.90 Å². The van der Waals surface area contributed by atoms with E-state index < -0.39 is 0 Å². The number of rotatable bonds is 1. The molecule has 0 aromatic carbocycles. The second-order valence-corrected chi connectivity index (χ2v) is 4.37. The fraction of sp³-hybridized carbons (Fsp3) is 1.00. The molecular weight excluding hydrogens is 162 g/mol. The molecule has 76 valence electrons. The van der Waals surface area contributed by atoms with Crippen LogP contribution in [-0.4, -0.2) is 61.7 Å². The maximum absolute atomic E-state index is 3.54. The van der Waals surface area contributed by atoms with E-state index in [1.807, 2.05) is 0 Å². The van der Waals surface area contributed by atoms with Gasteiger partial charge in [0.15, 0.2) is 0 Å². The van der Waals surface area contributed by atoms with Crippen LogP contribution < -0.4 is 5.32 Å². The summed E-state index contributed by atoms with van der Waals surface area (Å²) in [4.78, 5) is 5.15. The van der Waals surface area contributed by atoms with Gasteiger partial charge >= 0.3 is 0 Å². The second kappa shape index (κ2) is 3.95. The predicted octanol–water partition coefficient (Wildman–Crippen LogP) is -0.0158. The van der Waals surface area contributed by atoms with Crippen molar-refractivity contribution in [3.8, 4) is 0 Å². The van der Waals surface area contributed by atoms with Gasteiger partial charge in [0, 0.05) is 44.8 Å². The Labute approximate surface area is 81.1 Å². The molecule has 2 fully saturated rings. The summed E-state index contributed by atoms with van der Waals surface area (Å²) in [6, 6.07) is 1.55. The van der Waals surface area contributed by atoms with Crippen LogP contribution in [0.4, 0.5) is 0 Å². The minimum atomic E-state index is 0.762. The summed E-state index contributed by atoms with van der Waals surface area (Å²) in [6.07, 6.45) is 1.28. The Bertz CT molecular complexity index is 172. The minimum absolute atomic E-state index is 0.762. The zero-order valence-corrected chi connectivity index (χ0v) is 8.79. The monoisotopic (exact) mass is 183 g/mol. The van der Waals surface area contributed by atoms with Gasteiger partial charge in [0.1, 0.15) is 0 Å². The van der Waals surface area contributed by atoms with Crippen LogP contribution in [0, 0.1) is 0 Å². The van der Waals surface area contributed by atoms with E-state index in [1.54, 1.807) is 0 Å². The maximum atomic E-state index is 3.54. The van der Waals surface area contributed by atoms with Crippen molar-refractivity contribution < 1.29 is 0 Å². The molecule has 2 heterocycles. The molecule has 0 aromatic heterocycles. The number of likely N-dealkylation sites (N-methyl/N-ethyl adjacent to an activating group) is 1. The molecule has 2 saturated heterocycles. The molecule has 2 atom stereocenters. The van der Waals surface area contributed by atoms with E-state index in [0.29, 0.717) is 0 Å².